The summed E-state index contributed by atoms with van der Waals surface area (Å²) in [6.07, 6.45) is 3.25. The van der Waals surface area contributed by atoms with E-state index in [4.69, 9.17) is 11.6 Å². The maximum absolute atomic E-state index is 6.40. The zero-order valence-electron chi connectivity index (χ0n) is 12.4. The summed E-state index contributed by atoms with van der Waals surface area (Å²) in [6, 6.07) is 0. The number of aromatic nitrogens is 3. The van der Waals surface area contributed by atoms with Crippen molar-refractivity contribution < 1.29 is 0 Å². The molecule has 0 aromatic carbocycles. The zero-order chi connectivity index (χ0) is 15.0. The van der Waals surface area contributed by atoms with E-state index in [1.165, 1.54) is 11.1 Å². The van der Waals surface area contributed by atoms with Gasteiger partial charge in [0.05, 0.1) is 21.6 Å². The van der Waals surface area contributed by atoms with Crippen LogP contribution < -0.4 is 4.90 Å². The SMILES string of the molecule is Cc1nc2sc3c(N4CC5CC5C4)nncc3c2c(C)c1Cl. The quantitative estimate of drug-likeness (QED) is 0.677. The second-order valence-corrected chi connectivity index (χ2v) is 7.87. The molecule has 4 nitrogen and oxygen atoms in total. The Balaban J connectivity index is 1.79. The first-order valence-electron chi connectivity index (χ1n) is 7.59. The first-order chi connectivity index (χ1) is 10.6. The minimum atomic E-state index is 0.757. The van der Waals surface area contributed by atoms with E-state index in [0.29, 0.717) is 0 Å². The predicted molar refractivity (Wildman–Crippen MR) is 91.0 cm³/mol. The average Bonchev–Trinajstić information content (AvgIpc) is 2.94. The minimum absolute atomic E-state index is 0.757. The summed E-state index contributed by atoms with van der Waals surface area (Å²) in [6.45, 7) is 6.28. The first-order valence-corrected chi connectivity index (χ1v) is 8.78. The largest absolute Gasteiger partial charge is 0.353 e. The number of thiophene rings is 1. The van der Waals surface area contributed by atoms with Gasteiger partial charge >= 0.3 is 0 Å². The van der Waals surface area contributed by atoms with Gasteiger partial charge in [0.2, 0.25) is 0 Å². The van der Waals surface area contributed by atoms with E-state index in [9.17, 15) is 0 Å². The van der Waals surface area contributed by atoms with E-state index in [1.54, 1.807) is 11.3 Å². The maximum Gasteiger partial charge on any atom is 0.169 e. The minimum Gasteiger partial charge on any atom is -0.353 e. The van der Waals surface area contributed by atoms with E-state index in [-0.39, 0.29) is 0 Å². The lowest BCUT2D eigenvalue weighted by atomic mass is 10.1. The highest BCUT2D eigenvalue weighted by atomic mass is 35.5. The van der Waals surface area contributed by atoms with Crippen LogP contribution in [0, 0.1) is 25.7 Å². The van der Waals surface area contributed by atoms with Crippen LogP contribution in [0.5, 0.6) is 0 Å². The van der Waals surface area contributed by atoms with Gasteiger partial charge in [0.25, 0.3) is 0 Å². The van der Waals surface area contributed by atoms with E-state index in [1.807, 2.05) is 13.1 Å². The van der Waals surface area contributed by atoms with Crippen molar-refractivity contribution in [1.29, 1.82) is 0 Å². The van der Waals surface area contributed by atoms with Gasteiger partial charge in [0.1, 0.15) is 4.83 Å². The number of piperidine rings is 1. The number of aryl methyl sites for hydroxylation is 2. The number of fused-ring (bicyclic) bond motifs is 4. The van der Waals surface area contributed by atoms with Crippen molar-refractivity contribution in [3.8, 4) is 0 Å². The summed E-state index contributed by atoms with van der Waals surface area (Å²) < 4.78 is 1.20. The number of anilines is 1. The van der Waals surface area contributed by atoms with Crippen LogP contribution in [0.15, 0.2) is 6.20 Å². The van der Waals surface area contributed by atoms with Crippen LogP contribution in [0.3, 0.4) is 0 Å². The molecular formula is C16H15ClN4S. The Bertz CT molecular complexity index is 925. The van der Waals surface area contributed by atoms with Crippen LogP contribution in [-0.4, -0.2) is 28.3 Å². The molecule has 6 heteroatoms. The molecule has 3 aromatic rings. The van der Waals surface area contributed by atoms with Gasteiger partial charge in [-0.05, 0) is 37.7 Å². The first kappa shape index (κ1) is 13.0. The van der Waals surface area contributed by atoms with Crippen LogP contribution in [0.25, 0.3) is 20.3 Å². The topological polar surface area (TPSA) is 41.9 Å². The Morgan fingerprint density at radius 1 is 1.27 bits per heavy atom. The summed E-state index contributed by atoms with van der Waals surface area (Å²) in [4.78, 5) is 8.11. The second-order valence-electron chi connectivity index (χ2n) is 6.49. The van der Waals surface area contributed by atoms with Gasteiger partial charge in [-0.25, -0.2) is 4.98 Å². The summed E-state index contributed by atoms with van der Waals surface area (Å²) in [5, 5.41) is 11.7. The number of pyridine rings is 1. The highest BCUT2D eigenvalue weighted by Crippen LogP contribution is 2.48. The van der Waals surface area contributed by atoms with Crippen molar-refractivity contribution in [2.75, 3.05) is 18.0 Å². The Hall–Kier alpha value is -1.46. The van der Waals surface area contributed by atoms with Gasteiger partial charge in [-0.3, -0.25) is 0 Å². The van der Waals surface area contributed by atoms with Gasteiger partial charge < -0.3 is 4.90 Å². The van der Waals surface area contributed by atoms with Gasteiger partial charge in [0, 0.05) is 23.9 Å². The van der Waals surface area contributed by atoms with Crippen LogP contribution in [0.4, 0.5) is 5.82 Å². The number of rotatable bonds is 1. The molecule has 1 saturated carbocycles. The third kappa shape index (κ3) is 1.66. The Morgan fingerprint density at radius 2 is 2.05 bits per heavy atom. The molecule has 1 aliphatic heterocycles. The third-order valence-corrected chi connectivity index (χ3v) is 6.69. The number of nitrogens with zero attached hydrogens (tertiary/aromatic N) is 4. The molecule has 5 rings (SSSR count). The molecular weight excluding hydrogens is 316 g/mol. The molecule has 0 N–H and O–H groups in total. The van der Waals surface area contributed by atoms with E-state index in [0.717, 1.165) is 62.6 Å². The molecule has 0 amide bonds. The lowest BCUT2D eigenvalue weighted by Gasteiger charge is -2.18. The summed E-state index contributed by atoms with van der Waals surface area (Å²) in [7, 11) is 0. The highest BCUT2D eigenvalue weighted by Gasteiger charge is 2.46. The van der Waals surface area contributed by atoms with Crippen molar-refractivity contribution >= 4 is 49.1 Å². The normalized spacial score (nSPS) is 23.5. The molecule has 0 radical (unpaired) electrons. The lowest BCUT2D eigenvalue weighted by Crippen LogP contribution is -2.23. The second kappa shape index (κ2) is 4.30. The number of halogens is 1. The van der Waals surface area contributed by atoms with Crippen LogP contribution in [0.2, 0.25) is 5.02 Å². The van der Waals surface area contributed by atoms with Crippen molar-refractivity contribution in [1.82, 2.24) is 15.2 Å². The molecule has 0 bridgehead atoms. The Labute approximate surface area is 137 Å². The van der Waals surface area contributed by atoms with Gasteiger partial charge in [0.15, 0.2) is 5.82 Å². The van der Waals surface area contributed by atoms with E-state index in [2.05, 4.69) is 27.0 Å². The van der Waals surface area contributed by atoms with Crippen molar-refractivity contribution in [2.24, 2.45) is 11.8 Å². The van der Waals surface area contributed by atoms with Gasteiger partial charge in [-0.15, -0.1) is 16.4 Å². The molecule has 4 heterocycles. The molecule has 22 heavy (non-hydrogen) atoms. The van der Waals surface area contributed by atoms with Gasteiger partial charge in [-0.1, -0.05) is 11.6 Å². The fourth-order valence-corrected chi connectivity index (χ4v) is 5.11. The van der Waals surface area contributed by atoms with E-state index < -0.39 is 0 Å². The van der Waals surface area contributed by atoms with Crippen molar-refractivity contribution in [3.63, 3.8) is 0 Å². The molecule has 0 spiro atoms. The molecule has 1 aliphatic carbocycles. The maximum atomic E-state index is 6.40. The average molecular weight is 331 g/mol. The lowest BCUT2D eigenvalue weighted by molar-refractivity contribution is 0.798. The Morgan fingerprint density at radius 3 is 2.82 bits per heavy atom. The monoisotopic (exact) mass is 330 g/mol. The van der Waals surface area contributed by atoms with Crippen LogP contribution in [-0.2, 0) is 0 Å². The molecule has 3 aromatic heterocycles. The zero-order valence-corrected chi connectivity index (χ0v) is 14.0. The summed E-state index contributed by atoms with van der Waals surface area (Å²) in [5.74, 6) is 2.78. The highest BCUT2D eigenvalue weighted by molar-refractivity contribution is 7.26. The summed E-state index contributed by atoms with van der Waals surface area (Å²) >= 11 is 8.12. The number of hydrogen-bond acceptors (Lipinski definition) is 5. The van der Waals surface area contributed by atoms with Crippen LogP contribution in [0.1, 0.15) is 17.7 Å². The van der Waals surface area contributed by atoms with E-state index >= 15 is 0 Å². The third-order valence-electron chi connectivity index (χ3n) is 5.04. The smallest absolute Gasteiger partial charge is 0.169 e. The molecule has 2 atom stereocenters. The van der Waals surface area contributed by atoms with Crippen molar-refractivity contribution in [2.45, 2.75) is 20.3 Å². The fourth-order valence-electron chi connectivity index (χ4n) is 3.71. The molecule has 2 aliphatic rings. The predicted octanol–water partition coefficient (Wildman–Crippen LogP) is 3.97. The molecule has 2 fully saturated rings. The summed E-state index contributed by atoms with van der Waals surface area (Å²) in [5.41, 5.74) is 1.99. The molecule has 112 valence electrons. The molecule has 2 unspecified atom stereocenters. The Kier molecular flexibility index (Phi) is 2.54. The molecule has 1 saturated heterocycles. The van der Waals surface area contributed by atoms with Crippen LogP contribution >= 0.6 is 22.9 Å². The fraction of sp³-hybridized carbons (Fsp3) is 0.438. The number of hydrogen-bond donors (Lipinski definition) is 0. The van der Waals surface area contributed by atoms with Gasteiger partial charge in [-0.2, -0.15) is 5.10 Å². The van der Waals surface area contributed by atoms with Crippen molar-refractivity contribution in [3.05, 3.63) is 22.5 Å². The standard InChI is InChI=1S/C16H15ClN4S/c1-7-12-11-4-18-20-15(21-5-9-3-10(9)6-21)14(11)22-16(12)19-8(2)13(7)17/h4,9-10H,3,5-6H2,1-2H3.